The molecular weight excluding hydrogens is 224 g/mol. The molecule has 0 bridgehead atoms. The zero-order chi connectivity index (χ0) is 12.8. The minimum atomic E-state index is 0.399. The van der Waals surface area contributed by atoms with Gasteiger partial charge in [0.2, 0.25) is 5.88 Å². The van der Waals surface area contributed by atoms with Crippen LogP contribution in [0.4, 0.5) is 0 Å². The van der Waals surface area contributed by atoms with Crippen LogP contribution in [0.2, 0.25) is 0 Å². The molecule has 3 nitrogen and oxygen atoms in total. The van der Waals surface area contributed by atoms with Crippen LogP contribution in [0.15, 0.2) is 18.3 Å². The first-order chi connectivity index (χ1) is 8.86. The molecule has 3 heteroatoms. The highest BCUT2D eigenvalue weighted by Crippen LogP contribution is 2.38. The topological polar surface area (TPSA) is 34.2 Å². The second-order valence-electron chi connectivity index (χ2n) is 5.08. The van der Waals surface area contributed by atoms with Gasteiger partial charge in [-0.05, 0) is 37.8 Å². The van der Waals surface area contributed by atoms with Crippen LogP contribution >= 0.6 is 0 Å². The molecule has 0 spiro atoms. The molecule has 1 saturated carbocycles. The lowest BCUT2D eigenvalue weighted by Crippen LogP contribution is -2.28. The number of nitrogens with zero attached hydrogens (tertiary/aromatic N) is 1. The number of hydrogen-bond acceptors (Lipinski definition) is 3. The molecule has 1 aromatic heterocycles. The zero-order valence-corrected chi connectivity index (χ0v) is 11.5. The highest BCUT2D eigenvalue weighted by molar-refractivity contribution is 5.29. The molecule has 2 rings (SSSR count). The van der Waals surface area contributed by atoms with Gasteiger partial charge < -0.3 is 10.1 Å². The van der Waals surface area contributed by atoms with E-state index in [1.165, 1.54) is 31.2 Å². The summed E-state index contributed by atoms with van der Waals surface area (Å²) >= 11 is 0. The molecule has 0 aliphatic heterocycles. The molecule has 1 aromatic rings. The lowest BCUT2D eigenvalue weighted by Gasteiger charge is -2.26. The Morgan fingerprint density at radius 2 is 2.22 bits per heavy atom. The largest absolute Gasteiger partial charge is 0.481 e. The van der Waals surface area contributed by atoms with Gasteiger partial charge in [0.1, 0.15) is 0 Å². The first kappa shape index (κ1) is 13.3. The molecule has 100 valence electrons. The third kappa shape index (κ3) is 3.02. The summed E-state index contributed by atoms with van der Waals surface area (Å²) in [6, 6.07) is 4.56. The van der Waals surface area contributed by atoms with Crippen molar-refractivity contribution in [3.05, 3.63) is 23.9 Å². The summed E-state index contributed by atoms with van der Waals surface area (Å²) < 4.78 is 5.41. The van der Waals surface area contributed by atoms with Crippen molar-refractivity contribution in [2.75, 3.05) is 13.7 Å². The Bertz CT molecular complexity index is 361. The van der Waals surface area contributed by atoms with Crippen molar-refractivity contribution in [3.8, 4) is 5.88 Å². The van der Waals surface area contributed by atoms with Crippen LogP contribution in [-0.2, 0) is 0 Å². The molecule has 1 heterocycles. The van der Waals surface area contributed by atoms with E-state index in [1.54, 1.807) is 13.3 Å². The number of methoxy groups -OCH3 is 1. The molecule has 0 radical (unpaired) electrons. The molecule has 0 aromatic carbocycles. The monoisotopic (exact) mass is 248 g/mol. The van der Waals surface area contributed by atoms with Crippen molar-refractivity contribution in [2.24, 2.45) is 5.92 Å². The van der Waals surface area contributed by atoms with E-state index >= 15 is 0 Å². The fourth-order valence-corrected chi connectivity index (χ4v) is 2.93. The lowest BCUT2D eigenvalue weighted by atomic mass is 9.92. The number of pyridine rings is 1. The standard InChI is InChI=1S/C15H24N2O/c1-3-10-16-14(12-7-4-5-8-12)13-9-6-11-17-15(13)18-2/h6,9,11-12,14,16H,3-5,7-8,10H2,1-2H3. The Hall–Kier alpha value is -1.09. The van der Waals surface area contributed by atoms with Crippen molar-refractivity contribution < 1.29 is 4.74 Å². The van der Waals surface area contributed by atoms with Crippen molar-refractivity contribution in [3.63, 3.8) is 0 Å². The number of aromatic nitrogens is 1. The van der Waals surface area contributed by atoms with Crippen molar-refractivity contribution in [1.29, 1.82) is 0 Å². The number of hydrogen-bond donors (Lipinski definition) is 1. The molecule has 1 N–H and O–H groups in total. The highest BCUT2D eigenvalue weighted by Gasteiger charge is 2.28. The van der Waals surface area contributed by atoms with Crippen LogP contribution in [0, 0.1) is 5.92 Å². The third-order valence-corrected chi connectivity index (χ3v) is 3.81. The molecule has 1 unspecified atom stereocenters. The summed E-state index contributed by atoms with van der Waals surface area (Å²) in [5, 5.41) is 3.68. The second-order valence-corrected chi connectivity index (χ2v) is 5.08. The van der Waals surface area contributed by atoms with Gasteiger partial charge >= 0.3 is 0 Å². The number of rotatable bonds is 6. The minimum absolute atomic E-state index is 0.399. The fourth-order valence-electron chi connectivity index (χ4n) is 2.93. The molecule has 18 heavy (non-hydrogen) atoms. The summed E-state index contributed by atoms with van der Waals surface area (Å²) in [6.07, 6.45) is 8.31. The summed E-state index contributed by atoms with van der Waals surface area (Å²) in [5.74, 6) is 1.51. The predicted octanol–water partition coefficient (Wildman–Crippen LogP) is 3.32. The Labute approximate surface area is 110 Å². The summed E-state index contributed by atoms with van der Waals surface area (Å²) in [6.45, 7) is 3.26. The van der Waals surface area contributed by atoms with E-state index in [-0.39, 0.29) is 0 Å². The predicted molar refractivity (Wildman–Crippen MR) is 73.8 cm³/mol. The first-order valence-electron chi connectivity index (χ1n) is 7.09. The Morgan fingerprint density at radius 1 is 1.44 bits per heavy atom. The Morgan fingerprint density at radius 3 is 2.89 bits per heavy atom. The van der Waals surface area contributed by atoms with Crippen LogP contribution in [0.25, 0.3) is 0 Å². The van der Waals surface area contributed by atoms with Gasteiger partial charge in [0.25, 0.3) is 0 Å². The molecule has 1 aliphatic carbocycles. The minimum Gasteiger partial charge on any atom is -0.481 e. The number of ether oxygens (including phenoxy) is 1. The van der Waals surface area contributed by atoms with Crippen LogP contribution in [0.1, 0.15) is 50.6 Å². The molecule has 1 fully saturated rings. The maximum absolute atomic E-state index is 5.41. The van der Waals surface area contributed by atoms with Crippen LogP contribution in [-0.4, -0.2) is 18.6 Å². The Kier molecular flexibility index (Phi) is 5.00. The number of nitrogens with one attached hydrogen (secondary N) is 1. The smallest absolute Gasteiger partial charge is 0.217 e. The molecule has 0 saturated heterocycles. The van der Waals surface area contributed by atoms with E-state index in [1.807, 2.05) is 6.07 Å². The maximum atomic E-state index is 5.41. The first-order valence-corrected chi connectivity index (χ1v) is 7.09. The second kappa shape index (κ2) is 6.74. The quantitative estimate of drug-likeness (QED) is 0.838. The highest BCUT2D eigenvalue weighted by atomic mass is 16.5. The molecule has 0 amide bonds. The average molecular weight is 248 g/mol. The van der Waals surface area contributed by atoms with Gasteiger partial charge in [0, 0.05) is 17.8 Å². The van der Waals surface area contributed by atoms with E-state index in [4.69, 9.17) is 4.74 Å². The normalized spacial score (nSPS) is 17.9. The lowest BCUT2D eigenvalue weighted by molar-refractivity contribution is 0.338. The maximum Gasteiger partial charge on any atom is 0.217 e. The van der Waals surface area contributed by atoms with Gasteiger partial charge in [-0.15, -0.1) is 0 Å². The molecule has 1 atom stereocenters. The van der Waals surface area contributed by atoms with E-state index < -0.39 is 0 Å². The van der Waals surface area contributed by atoms with E-state index in [0.717, 1.165) is 24.8 Å². The summed E-state index contributed by atoms with van der Waals surface area (Å²) in [4.78, 5) is 4.34. The Balaban J connectivity index is 2.20. The van der Waals surface area contributed by atoms with Crippen molar-refractivity contribution >= 4 is 0 Å². The SMILES string of the molecule is CCCNC(c1cccnc1OC)C1CCCC1. The van der Waals surface area contributed by atoms with Gasteiger partial charge in [0.15, 0.2) is 0 Å². The zero-order valence-electron chi connectivity index (χ0n) is 11.5. The third-order valence-electron chi connectivity index (χ3n) is 3.81. The van der Waals surface area contributed by atoms with E-state index in [9.17, 15) is 0 Å². The molecule has 1 aliphatic rings. The van der Waals surface area contributed by atoms with Gasteiger partial charge in [-0.2, -0.15) is 0 Å². The van der Waals surface area contributed by atoms with Gasteiger partial charge in [-0.1, -0.05) is 25.8 Å². The van der Waals surface area contributed by atoms with E-state index in [2.05, 4.69) is 23.3 Å². The van der Waals surface area contributed by atoms with Crippen LogP contribution in [0.3, 0.4) is 0 Å². The average Bonchev–Trinajstić information content (AvgIpc) is 2.94. The van der Waals surface area contributed by atoms with E-state index in [0.29, 0.717) is 6.04 Å². The summed E-state index contributed by atoms with van der Waals surface area (Å²) in [5.41, 5.74) is 1.22. The van der Waals surface area contributed by atoms with Gasteiger partial charge in [0.05, 0.1) is 7.11 Å². The summed E-state index contributed by atoms with van der Waals surface area (Å²) in [7, 11) is 1.71. The van der Waals surface area contributed by atoms with Gasteiger partial charge in [-0.25, -0.2) is 4.98 Å². The van der Waals surface area contributed by atoms with Crippen molar-refractivity contribution in [2.45, 2.75) is 45.1 Å². The van der Waals surface area contributed by atoms with Crippen LogP contribution < -0.4 is 10.1 Å². The molecular formula is C15H24N2O. The van der Waals surface area contributed by atoms with Crippen molar-refractivity contribution in [1.82, 2.24) is 10.3 Å². The van der Waals surface area contributed by atoms with Gasteiger partial charge in [-0.3, -0.25) is 0 Å². The van der Waals surface area contributed by atoms with Crippen LogP contribution in [0.5, 0.6) is 5.88 Å². The fraction of sp³-hybridized carbons (Fsp3) is 0.667.